The van der Waals surface area contributed by atoms with E-state index in [2.05, 4.69) is 47.8 Å². The topological polar surface area (TPSA) is 86.4 Å². The predicted octanol–water partition coefficient (Wildman–Crippen LogP) is 6.01. The van der Waals surface area contributed by atoms with Gasteiger partial charge in [-0.2, -0.15) is 0 Å². The van der Waals surface area contributed by atoms with Crippen molar-refractivity contribution in [3.63, 3.8) is 0 Å². The summed E-state index contributed by atoms with van der Waals surface area (Å²) in [4.78, 5) is 2.52. The van der Waals surface area contributed by atoms with E-state index < -0.39 is 5.60 Å². The van der Waals surface area contributed by atoms with Gasteiger partial charge < -0.3 is 29.8 Å². The lowest BCUT2D eigenvalue weighted by Crippen LogP contribution is -2.64. The third-order valence-electron chi connectivity index (χ3n) is 15.7. The Kier molecular flexibility index (Phi) is 9.89. The van der Waals surface area contributed by atoms with E-state index in [1.807, 2.05) is 27.7 Å². The Morgan fingerprint density at radius 1 is 0.979 bits per heavy atom. The zero-order valence-electron chi connectivity index (χ0n) is 30.6. The summed E-state index contributed by atoms with van der Waals surface area (Å²) < 4.78 is 25.5. The van der Waals surface area contributed by atoms with Gasteiger partial charge in [-0.3, -0.25) is 4.90 Å². The molecule has 0 aromatic rings. The van der Waals surface area contributed by atoms with Gasteiger partial charge in [-0.05, 0) is 117 Å². The molecule has 47 heavy (non-hydrogen) atoms. The molecule has 8 heteroatoms. The van der Waals surface area contributed by atoms with Crippen molar-refractivity contribution >= 4 is 9.24 Å². The van der Waals surface area contributed by atoms with E-state index >= 15 is 0 Å². The van der Waals surface area contributed by atoms with Gasteiger partial charge in [0.15, 0.2) is 6.29 Å². The highest BCUT2D eigenvalue weighted by Crippen LogP contribution is 2.89. The molecular formula is C39H67N2O5P. The molecule has 0 radical (unpaired) electrons. The second-order valence-corrected chi connectivity index (χ2v) is 18.8. The van der Waals surface area contributed by atoms with Gasteiger partial charge in [-0.1, -0.05) is 34.6 Å². The van der Waals surface area contributed by atoms with Gasteiger partial charge >= 0.3 is 0 Å². The van der Waals surface area contributed by atoms with E-state index in [-0.39, 0.29) is 35.1 Å². The van der Waals surface area contributed by atoms with E-state index in [4.69, 9.17) is 24.7 Å². The third-order valence-corrected chi connectivity index (χ3v) is 17.3. The molecule has 13 atom stereocenters. The number of rotatable bonds is 5. The van der Waals surface area contributed by atoms with E-state index in [0.29, 0.717) is 34.3 Å². The van der Waals surface area contributed by atoms with Crippen molar-refractivity contribution < 1.29 is 24.1 Å². The first-order valence-corrected chi connectivity index (χ1v) is 19.7. The van der Waals surface area contributed by atoms with Gasteiger partial charge in [-0.15, -0.1) is 22.1 Å². The maximum absolute atomic E-state index is 10.6. The molecule has 0 aromatic carbocycles. The van der Waals surface area contributed by atoms with Crippen LogP contribution in [-0.4, -0.2) is 90.4 Å². The smallest absolute Gasteiger partial charge is 0.170 e. The number of nitrogens with zero attached hydrogens (tertiary/aromatic N) is 1. The fourth-order valence-corrected chi connectivity index (χ4v) is 13.8. The van der Waals surface area contributed by atoms with Gasteiger partial charge in [0, 0.05) is 12.0 Å². The molecule has 268 valence electrons. The molecule has 5 saturated carbocycles. The second-order valence-electron chi connectivity index (χ2n) is 17.8. The van der Waals surface area contributed by atoms with E-state index in [0.717, 1.165) is 57.6 Å². The molecule has 3 heterocycles. The highest BCUT2D eigenvalue weighted by atomic mass is 31.0. The highest BCUT2D eigenvalue weighted by molar-refractivity contribution is 7.19. The summed E-state index contributed by atoms with van der Waals surface area (Å²) in [5.74, 6) is 2.19. The second kappa shape index (κ2) is 12.7. The molecule has 0 bridgehead atoms. The molecule has 3 saturated heterocycles. The van der Waals surface area contributed by atoms with Crippen LogP contribution in [0.15, 0.2) is 0 Å². The average molecular weight is 675 g/mol. The van der Waals surface area contributed by atoms with E-state index in [9.17, 15) is 5.11 Å². The van der Waals surface area contributed by atoms with Crippen LogP contribution in [0.5, 0.6) is 0 Å². The van der Waals surface area contributed by atoms with Crippen molar-refractivity contribution in [3.8, 4) is 12.8 Å². The standard InChI is InChI=1S/C35H59N2O5P.C2H6.C2H2/c1-30(2)27(42-28-17-37(14-15-40-28)21-18-39-19-21)9-10-34-20-33(34)13-12-32(5)23-6-7-25(29(36)31(3,4)38)41-26(23)16-24(32)22(33)8-11-35(30,34)43;2*1-2/h21-29,38H,6-20,36,43H2,1-5H3;1-2H3;1-2H/t22?,23-,24?,25+,26+,27-,28?,29-,32?,33-,34?,35?;;/m0../s1. The van der Waals surface area contributed by atoms with Crippen LogP contribution in [0.25, 0.3) is 0 Å². The SMILES string of the molecule is C#C.CC.CC(C)(O)[C@@H](N)[C@H]1CC[C@H]2[C@@H](CC3C4CCC5(P)C(C)(C)[C@@H](OC6CN(C7COC7)CCO6)CCC56C[C@@]46CCC32C)O1. The molecule has 3 N–H and O–H groups in total. The largest absolute Gasteiger partial charge is 0.389 e. The Morgan fingerprint density at radius 3 is 2.36 bits per heavy atom. The highest BCUT2D eigenvalue weighted by Gasteiger charge is 2.84. The van der Waals surface area contributed by atoms with Gasteiger partial charge in [0.2, 0.25) is 0 Å². The lowest BCUT2D eigenvalue weighted by atomic mass is 9.45. The van der Waals surface area contributed by atoms with Crippen LogP contribution in [-0.2, 0) is 18.9 Å². The molecule has 0 aromatic heterocycles. The van der Waals surface area contributed by atoms with Crippen LogP contribution in [0.3, 0.4) is 0 Å². The minimum Gasteiger partial charge on any atom is -0.389 e. The number of nitrogens with two attached hydrogens (primary N) is 1. The summed E-state index contributed by atoms with van der Waals surface area (Å²) in [7, 11) is 3.52. The molecule has 7 unspecified atom stereocenters. The van der Waals surface area contributed by atoms with Crippen LogP contribution in [0.1, 0.15) is 113 Å². The first-order chi connectivity index (χ1) is 22.3. The van der Waals surface area contributed by atoms with Crippen molar-refractivity contribution in [2.45, 2.75) is 160 Å². The third kappa shape index (κ3) is 5.27. The van der Waals surface area contributed by atoms with E-state index in [1.54, 1.807) is 0 Å². The minimum absolute atomic E-state index is 0.0318. The summed E-state index contributed by atoms with van der Waals surface area (Å²) in [6, 6.07) is 0.210. The molecule has 2 spiro atoms. The van der Waals surface area contributed by atoms with Crippen LogP contribution in [0, 0.1) is 52.3 Å². The number of morpholine rings is 1. The number of ether oxygens (including phenoxy) is 4. The maximum atomic E-state index is 10.6. The molecule has 3 aliphatic heterocycles. The fraction of sp³-hybridized carbons (Fsp3) is 0.949. The molecule has 0 amide bonds. The molecule has 8 rings (SSSR count). The van der Waals surface area contributed by atoms with Crippen molar-refractivity contribution in [1.29, 1.82) is 0 Å². The van der Waals surface area contributed by atoms with Gasteiger partial charge in [0.25, 0.3) is 0 Å². The summed E-state index contributed by atoms with van der Waals surface area (Å²) in [5.41, 5.74) is 6.97. The lowest BCUT2D eigenvalue weighted by molar-refractivity contribution is -0.249. The Hall–Kier alpha value is -0.290. The molecule has 8 aliphatic rings. The fourth-order valence-electron chi connectivity index (χ4n) is 12.9. The molecule has 7 nitrogen and oxygen atoms in total. The Labute approximate surface area is 288 Å². The number of hydrogen-bond acceptors (Lipinski definition) is 7. The van der Waals surface area contributed by atoms with Crippen LogP contribution < -0.4 is 5.73 Å². The quantitative estimate of drug-likeness (QED) is 0.273. The van der Waals surface area contributed by atoms with Crippen LogP contribution in [0.2, 0.25) is 0 Å². The molecule has 5 aliphatic carbocycles. The van der Waals surface area contributed by atoms with Gasteiger partial charge in [0.1, 0.15) is 0 Å². The first-order valence-electron chi connectivity index (χ1n) is 19.1. The van der Waals surface area contributed by atoms with Crippen LogP contribution >= 0.6 is 9.24 Å². The molecular weight excluding hydrogens is 607 g/mol. The van der Waals surface area contributed by atoms with Crippen molar-refractivity contribution in [1.82, 2.24) is 4.90 Å². The molecule has 8 fully saturated rings. The van der Waals surface area contributed by atoms with E-state index in [1.165, 1.54) is 51.4 Å². The maximum Gasteiger partial charge on any atom is 0.170 e. The zero-order valence-corrected chi connectivity index (χ0v) is 31.8. The lowest BCUT2D eigenvalue weighted by Gasteiger charge is -2.65. The van der Waals surface area contributed by atoms with Crippen LogP contribution in [0.4, 0.5) is 0 Å². The Bertz CT molecular complexity index is 1160. The van der Waals surface area contributed by atoms with Crippen molar-refractivity contribution in [2.24, 2.45) is 45.1 Å². The van der Waals surface area contributed by atoms with Crippen molar-refractivity contribution in [3.05, 3.63) is 0 Å². The normalized spacial score (nSPS) is 49.1. The summed E-state index contributed by atoms with van der Waals surface area (Å²) in [6.07, 6.45) is 21.0. The number of terminal acetylenes is 1. The van der Waals surface area contributed by atoms with Crippen molar-refractivity contribution in [2.75, 3.05) is 32.9 Å². The minimum atomic E-state index is -0.911. The summed E-state index contributed by atoms with van der Waals surface area (Å²) >= 11 is 0. The average Bonchev–Trinajstić information content (AvgIpc) is 3.61. The van der Waals surface area contributed by atoms with Gasteiger partial charge in [-0.25, -0.2) is 0 Å². The Balaban J connectivity index is 0.000000932. The monoisotopic (exact) mass is 674 g/mol. The Morgan fingerprint density at radius 2 is 1.70 bits per heavy atom. The number of hydrogen-bond donors (Lipinski definition) is 2. The zero-order chi connectivity index (χ0) is 34.2. The summed E-state index contributed by atoms with van der Waals surface area (Å²) in [6.45, 7) is 19.7. The number of fused-ring (bicyclic) bond motifs is 4. The predicted molar refractivity (Wildman–Crippen MR) is 191 cm³/mol. The first kappa shape index (κ1) is 36.5. The number of aliphatic hydroxyl groups is 1. The van der Waals surface area contributed by atoms with Gasteiger partial charge in [0.05, 0.1) is 62.4 Å². The summed E-state index contributed by atoms with van der Waals surface area (Å²) in [5, 5.41) is 10.8.